The third-order valence-corrected chi connectivity index (χ3v) is 2.65. The van der Waals surface area contributed by atoms with Gasteiger partial charge in [-0.25, -0.2) is 4.90 Å². The molecule has 0 bridgehead atoms. The molecule has 1 aromatic carbocycles. The van der Waals surface area contributed by atoms with Gasteiger partial charge in [-0.05, 0) is 12.1 Å². The summed E-state index contributed by atoms with van der Waals surface area (Å²) in [4.78, 5) is 23.6. The molecule has 0 aliphatic carbocycles. The Kier molecular flexibility index (Phi) is 2.61. The van der Waals surface area contributed by atoms with Crippen molar-refractivity contribution in [1.82, 2.24) is 0 Å². The summed E-state index contributed by atoms with van der Waals surface area (Å²) in [5.74, 6) is -1.22. The molecule has 1 aliphatic heterocycles. The average Bonchev–Trinajstić information content (AvgIpc) is 2.54. The van der Waals surface area contributed by atoms with Crippen molar-refractivity contribution in [3.05, 3.63) is 34.3 Å². The fraction of sp³-hybridized carbons (Fsp3) is 0. The van der Waals surface area contributed by atoms with E-state index in [1.54, 1.807) is 0 Å². The Morgan fingerprint density at radius 2 is 1.44 bits per heavy atom. The molecular formula is C10H5Cl2NO3. The molecule has 2 rings (SSSR count). The van der Waals surface area contributed by atoms with Gasteiger partial charge >= 0.3 is 0 Å². The van der Waals surface area contributed by atoms with E-state index in [-0.39, 0.29) is 21.5 Å². The van der Waals surface area contributed by atoms with Crippen molar-refractivity contribution in [2.45, 2.75) is 0 Å². The molecule has 4 nitrogen and oxygen atoms in total. The van der Waals surface area contributed by atoms with Gasteiger partial charge in [0.2, 0.25) is 0 Å². The zero-order valence-corrected chi connectivity index (χ0v) is 9.29. The van der Waals surface area contributed by atoms with Crippen molar-refractivity contribution in [3.8, 4) is 5.75 Å². The van der Waals surface area contributed by atoms with E-state index in [1.807, 2.05) is 0 Å². The Hall–Kier alpha value is -1.52. The van der Waals surface area contributed by atoms with Crippen LogP contribution in [-0.4, -0.2) is 16.9 Å². The first-order valence-corrected chi connectivity index (χ1v) is 5.00. The summed E-state index contributed by atoms with van der Waals surface area (Å²) in [6, 6.07) is 2.59. The third-order valence-electron chi connectivity index (χ3n) is 2.07. The van der Waals surface area contributed by atoms with Gasteiger partial charge in [0, 0.05) is 12.2 Å². The van der Waals surface area contributed by atoms with E-state index in [4.69, 9.17) is 23.2 Å². The topological polar surface area (TPSA) is 57.6 Å². The van der Waals surface area contributed by atoms with Crippen LogP contribution in [0.4, 0.5) is 5.69 Å². The number of phenols is 1. The summed E-state index contributed by atoms with van der Waals surface area (Å²) in [7, 11) is 0. The molecule has 0 unspecified atom stereocenters. The second-order valence-electron chi connectivity index (χ2n) is 3.10. The lowest BCUT2D eigenvalue weighted by Crippen LogP contribution is -2.29. The molecule has 0 saturated carbocycles. The van der Waals surface area contributed by atoms with Crippen molar-refractivity contribution < 1.29 is 14.7 Å². The van der Waals surface area contributed by atoms with Crippen molar-refractivity contribution in [1.29, 1.82) is 0 Å². The molecule has 0 fully saturated rings. The van der Waals surface area contributed by atoms with Gasteiger partial charge in [-0.1, -0.05) is 23.2 Å². The highest BCUT2D eigenvalue weighted by atomic mass is 35.5. The zero-order chi connectivity index (χ0) is 11.9. The summed E-state index contributed by atoms with van der Waals surface area (Å²) < 4.78 is 0. The number of amides is 2. The van der Waals surface area contributed by atoms with Crippen LogP contribution in [0.15, 0.2) is 24.3 Å². The molecule has 1 N–H and O–H groups in total. The molecular weight excluding hydrogens is 253 g/mol. The zero-order valence-electron chi connectivity index (χ0n) is 7.78. The van der Waals surface area contributed by atoms with Crippen LogP contribution in [0.25, 0.3) is 0 Å². The number of hydrogen-bond acceptors (Lipinski definition) is 3. The first kappa shape index (κ1) is 11.0. The Morgan fingerprint density at radius 1 is 1.00 bits per heavy atom. The Labute approximate surface area is 101 Å². The molecule has 0 saturated heterocycles. The summed E-state index contributed by atoms with van der Waals surface area (Å²) >= 11 is 11.4. The van der Waals surface area contributed by atoms with E-state index in [9.17, 15) is 14.7 Å². The quantitative estimate of drug-likeness (QED) is 0.785. The number of imide groups is 1. The van der Waals surface area contributed by atoms with Crippen molar-refractivity contribution in [3.63, 3.8) is 0 Å². The van der Waals surface area contributed by atoms with Gasteiger partial charge in [0.15, 0.2) is 5.75 Å². The van der Waals surface area contributed by atoms with Crippen LogP contribution in [0, 0.1) is 0 Å². The second kappa shape index (κ2) is 3.81. The molecule has 16 heavy (non-hydrogen) atoms. The van der Waals surface area contributed by atoms with E-state index in [0.29, 0.717) is 0 Å². The maximum atomic E-state index is 11.4. The minimum absolute atomic E-state index is 0.0185. The van der Waals surface area contributed by atoms with Crippen LogP contribution in [0.2, 0.25) is 10.0 Å². The SMILES string of the molecule is O=C1C=CC(=O)N1c1cc(Cl)c(O)c(Cl)c1. The summed E-state index contributed by atoms with van der Waals surface area (Å²) in [6.07, 6.45) is 2.30. The number of anilines is 1. The fourth-order valence-corrected chi connectivity index (χ4v) is 1.81. The number of benzene rings is 1. The first-order chi connectivity index (χ1) is 7.50. The van der Waals surface area contributed by atoms with Gasteiger partial charge in [-0.2, -0.15) is 0 Å². The molecule has 0 atom stereocenters. The molecule has 1 heterocycles. The molecule has 1 aromatic rings. The van der Waals surface area contributed by atoms with Crippen LogP contribution in [-0.2, 0) is 9.59 Å². The van der Waals surface area contributed by atoms with Crippen LogP contribution < -0.4 is 4.90 Å². The standard InChI is InChI=1S/C10H5Cl2NO3/c11-6-3-5(4-7(12)10(6)16)13-8(14)1-2-9(13)15/h1-4,16H. The monoisotopic (exact) mass is 257 g/mol. The average molecular weight is 258 g/mol. The molecule has 6 heteroatoms. The number of carbonyl (C=O) groups excluding carboxylic acids is 2. The molecule has 0 radical (unpaired) electrons. The lowest BCUT2D eigenvalue weighted by molar-refractivity contribution is -0.119. The predicted molar refractivity (Wildman–Crippen MR) is 59.8 cm³/mol. The van der Waals surface area contributed by atoms with Crippen LogP contribution in [0.5, 0.6) is 5.75 Å². The number of hydrogen-bond donors (Lipinski definition) is 1. The minimum Gasteiger partial charge on any atom is -0.505 e. The van der Waals surface area contributed by atoms with E-state index >= 15 is 0 Å². The molecule has 1 aliphatic rings. The second-order valence-corrected chi connectivity index (χ2v) is 3.92. The lowest BCUT2D eigenvalue weighted by Gasteiger charge is -2.15. The Bertz CT molecular complexity index is 484. The number of nitrogens with zero attached hydrogens (tertiary/aromatic N) is 1. The van der Waals surface area contributed by atoms with E-state index < -0.39 is 11.8 Å². The highest BCUT2D eigenvalue weighted by molar-refractivity contribution is 6.38. The molecule has 82 valence electrons. The minimum atomic E-state index is -0.470. The number of aromatic hydroxyl groups is 1. The Morgan fingerprint density at radius 3 is 1.88 bits per heavy atom. The number of rotatable bonds is 1. The summed E-state index contributed by atoms with van der Waals surface area (Å²) in [5.41, 5.74) is 0.229. The van der Waals surface area contributed by atoms with Crippen LogP contribution in [0.3, 0.4) is 0 Å². The molecule has 0 aromatic heterocycles. The normalized spacial score (nSPS) is 15.0. The van der Waals surface area contributed by atoms with Crippen LogP contribution in [0.1, 0.15) is 0 Å². The highest BCUT2D eigenvalue weighted by Gasteiger charge is 2.26. The van der Waals surface area contributed by atoms with E-state index in [2.05, 4.69) is 0 Å². The van der Waals surface area contributed by atoms with Gasteiger partial charge in [0.05, 0.1) is 15.7 Å². The Balaban J connectivity index is 2.50. The van der Waals surface area contributed by atoms with Gasteiger partial charge in [-0.15, -0.1) is 0 Å². The van der Waals surface area contributed by atoms with Gasteiger partial charge in [0.1, 0.15) is 0 Å². The number of carbonyl (C=O) groups is 2. The summed E-state index contributed by atoms with van der Waals surface area (Å²) in [6.45, 7) is 0. The molecule has 2 amide bonds. The van der Waals surface area contributed by atoms with Gasteiger partial charge in [-0.3, -0.25) is 9.59 Å². The maximum Gasteiger partial charge on any atom is 0.258 e. The van der Waals surface area contributed by atoms with Crippen molar-refractivity contribution in [2.75, 3.05) is 4.90 Å². The smallest absolute Gasteiger partial charge is 0.258 e. The number of phenolic OH excluding ortho intramolecular Hbond substituents is 1. The third kappa shape index (κ3) is 1.66. The van der Waals surface area contributed by atoms with E-state index in [1.165, 1.54) is 12.1 Å². The van der Waals surface area contributed by atoms with Gasteiger partial charge < -0.3 is 5.11 Å². The highest BCUT2D eigenvalue weighted by Crippen LogP contribution is 2.36. The summed E-state index contributed by atoms with van der Waals surface area (Å²) in [5, 5.41) is 9.30. The van der Waals surface area contributed by atoms with Crippen LogP contribution >= 0.6 is 23.2 Å². The molecule has 0 spiro atoms. The lowest BCUT2D eigenvalue weighted by atomic mass is 10.2. The van der Waals surface area contributed by atoms with Crippen molar-refractivity contribution >= 4 is 40.7 Å². The predicted octanol–water partition coefficient (Wildman–Crippen LogP) is 2.13. The first-order valence-electron chi connectivity index (χ1n) is 4.25. The van der Waals surface area contributed by atoms with Gasteiger partial charge in [0.25, 0.3) is 11.8 Å². The maximum absolute atomic E-state index is 11.4. The van der Waals surface area contributed by atoms with Crippen molar-refractivity contribution in [2.24, 2.45) is 0 Å². The fourth-order valence-electron chi connectivity index (χ4n) is 1.34. The van der Waals surface area contributed by atoms with E-state index in [0.717, 1.165) is 17.1 Å². The largest absolute Gasteiger partial charge is 0.505 e. The number of halogens is 2.